The molecule has 0 aromatic rings. The summed E-state index contributed by atoms with van der Waals surface area (Å²) in [5.74, 6) is 0.302. The standard InChI is InChI=1S/C13H25NO4/c1-9(2)7-17-12(15)6-11(5)14-13(16)18-8-10(3)4/h9-11H,6-8H2,1-5H3,(H,14,16). The lowest BCUT2D eigenvalue weighted by Crippen LogP contribution is -2.35. The molecule has 0 spiro atoms. The summed E-state index contributed by atoms with van der Waals surface area (Å²) in [5, 5.41) is 2.59. The second-order valence-corrected chi connectivity index (χ2v) is 5.32. The molecule has 0 aliphatic carbocycles. The van der Waals surface area contributed by atoms with Gasteiger partial charge in [-0.1, -0.05) is 27.7 Å². The van der Waals surface area contributed by atoms with E-state index in [1.807, 2.05) is 27.7 Å². The lowest BCUT2D eigenvalue weighted by atomic mass is 10.2. The van der Waals surface area contributed by atoms with E-state index in [4.69, 9.17) is 9.47 Å². The molecule has 106 valence electrons. The van der Waals surface area contributed by atoms with Crippen molar-refractivity contribution in [3.63, 3.8) is 0 Å². The minimum atomic E-state index is -0.493. The molecule has 0 fully saturated rings. The van der Waals surface area contributed by atoms with Crippen molar-refractivity contribution in [3.05, 3.63) is 0 Å². The van der Waals surface area contributed by atoms with Gasteiger partial charge in [0.05, 0.1) is 19.6 Å². The monoisotopic (exact) mass is 259 g/mol. The molecule has 1 N–H and O–H groups in total. The van der Waals surface area contributed by atoms with Crippen LogP contribution in [0, 0.1) is 11.8 Å². The normalized spacial score (nSPS) is 12.4. The van der Waals surface area contributed by atoms with Crippen LogP contribution in [0.25, 0.3) is 0 Å². The van der Waals surface area contributed by atoms with E-state index in [1.165, 1.54) is 0 Å². The van der Waals surface area contributed by atoms with Gasteiger partial charge in [0.15, 0.2) is 0 Å². The van der Waals surface area contributed by atoms with Crippen molar-refractivity contribution in [2.24, 2.45) is 11.8 Å². The van der Waals surface area contributed by atoms with Crippen LogP contribution in [0.5, 0.6) is 0 Å². The van der Waals surface area contributed by atoms with Crippen LogP contribution in [0.4, 0.5) is 4.79 Å². The fourth-order valence-corrected chi connectivity index (χ4v) is 1.10. The molecule has 0 aromatic heterocycles. The molecule has 1 unspecified atom stereocenters. The summed E-state index contributed by atoms with van der Waals surface area (Å²) in [7, 11) is 0. The molecule has 0 bridgehead atoms. The van der Waals surface area contributed by atoms with Gasteiger partial charge < -0.3 is 14.8 Å². The Balaban J connectivity index is 3.78. The Morgan fingerprint density at radius 3 is 1.94 bits per heavy atom. The Hall–Kier alpha value is -1.26. The van der Waals surface area contributed by atoms with Crippen LogP contribution in [0.2, 0.25) is 0 Å². The summed E-state index contributed by atoms with van der Waals surface area (Å²) < 4.78 is 9.97. The average molecular weight is 259 g/mol. The van der Waals surface area contributed by atoms with Gasteiger partial charge in [0, 0.05) is 6.04 Å². The van der Waals surface area contributed by atoms with Crippen LogP contribution in [0.1, 0.15) is 41.0 Å². The highest BCUT2D eigenvalue weighted by atomic mass is 16.5. The van der Waals surface area contributed by atoms with Crippen LogP contribution >= 0.6 is 0 Å². The summed E-state index contributed by atoms with van der Waals surface area (Å²) in [6.07, 6.45) is -0.336. The van der Waals surface area contributed by atoms with Crippen molar-refractivity contribution < 1.29 is 19.1 Å². The van der Waals surface area contributed by atoms with Gasteiger partial charge in [-0.15, -0.1) is 0 Å². The Morgan fingerprint density at radius 2 is 1.44 bits per heavy atom. The van der Waals surface area contributed by atoms with E-state index < -0.39 is 6.09 Å². The van der Waals surface area contributed by atoms with E-state index in [1.54, 1.807) is 6.92 Å². The number of carbonyl (C=O) groups is 2. The Bertz CT molecular complexity index is 238. The molecule has 0 radical (unpaired) electrons. The summed E-state index contributed by atoms with van der Waals surface area (Å²) in [5.41, 5.74) is 0. The quantitative estimate of drug-likeness (QED) is 0.713. The van der Waals surface area contributed by atoms with E-state index in [-0.39, 0.29) is 18.4 Å². The first-order valence-corrected chi connectivity index (χ1v) is 6.40. The molecule has 0 heterocycles. The molecule has 0 aliphatic heterocycles. The van der Waals surface area contributed by atoms with E-state index in [2.05, 4.69) is 5.32 Å². The molecule has 0 saturated heterocycles. The van der Waals surface area contributed by atoms with Gasteiger partial charge in [-0.05, 0) is 18.8 Å². The SMILES string of the molecule is CC(C)COC(=O)CC(C)NC(=O)OCC(C)C. The number of hydrogen-bond donors (Lipinski definition) is 1. The molecule has 0 aliphatic rings. The van der Waals surface area contributed by atoms with Gasteiger partial charge in [-0.2, -0.15) is 0 Å². The van der Waals surface area contributed by atoms with Gasteiger partial charge in [-0.25, -0.2) is 4.79 Å². The van der Waals surface area contributed by atoms with Crippen molar-refractivity contribution in [2.75, 3.05) is 13.2 Å². The first kappa shape index (κ1) is 16.7. The van der Waals surface area contributed by atoms with Crippen LogP contribution in [0.3, 0.4) is 0 Å². The zero-order valence-electron chi connectivity index (χ0n) is 12.0. The largest absolute Gasteiger partial charge is 0.465 e. The number of ether oxygens (including phenoxy) is 2. The summed E-state index contributed by atoms with van der Waals surface area (Å²) in [6, 6.07) is -0.288. The second-order valence-electron chi connectivity index (χ2n) is 5.32. The molecule has 18 heavy (non-hydrogen) atoms. The molecule has 0 aromatic carbocycles. The van der Waals surface area contributed by atoms with Gasteiger partial charge in [0.25, 0.3) is 0 Å². The van der Waals surface area contributed by atoms with E-state index in [9.17, 15) is 9.59 Å². The van der Waals surface area contributed by atoms with Crippen LogP contribution in [-0.2, 0) is 14.3 Å². The van der Waals surface area contributed by atoms with Gasteiger partial charge in [-0.3, -0.25) is 4.79 Å². The number of carbonyl (C=O) groups excluding carboxylic acids is 2. The average Bonchev–Trinajstić information content (AvgIpc) is 2.23. The van der Waals surface area contributed by atoms with Crippen molar-refractivity contribution in [1.82, 2.24) is 5.32 Å². The zero-order valence-corrected chi connectivity index (χ0v) is 12.0. The number of alkyl carbamates (subject to hydrolysis) is 1. The summed E-state index contributed by atoms with van der Waals surface area (Å²) >= 11 is 0. The maximum Gasteiger partial charge on any atom is 0.407 e. The number of esters is 1. The molecule has 5 nitrogen and oxygen atoms in total. The highest BCUT2D eigenvalue weighted by Gasteiger charge is 2.14. The fourth-order valence-electron chi connectivity index (χ4n) is 1.10. The molecular formula is C13H25NO4. The highest BCUT2D eigenvalue weighted by Crippen LogP contribution is 1.99. The molecule has 1 amide bonds. The maximum absolute atomic E-state index is 11.4. The predicted molar refractivity (Wildman–Crippen MR) is 69.2 cm³/mol. The van der Waals surface area contributed by atoms with Crippen molar-refractivity contribution >= 4 is 12.1 Å². The number of rotatable bonds is 7. The third kappa shape index (κ3) is 9.93. The molecule has 0 saturated carbocycles. The van der Waals surface area contributed by atoms with Crippen molar-refractivity contribution in [2.45, 2.75) is 47.1 Å². The molecule has 1 atom stereocenters. The Labute approximate surface area is 109 Å². The first-order valence-electron chi connectivity index (χ1n) is 6.40. The number of hydrogen-bond acceptors (Lipinski definition) is 4. The Kier molecular flexibility index (Phi) is 8.16. The van der Waals surface area contributed by atoms with Crippen LogP contribution in [0.15, 0.2) is 0 Å². The maximum atomic E-state index is 11.4. The van der Waals surface area contributed by atoms with E-state index >= 15 is 0 Å². The smallest absolute Gasteiger partial charge is 0.407 e. The fraction of sp³-hybridized carbons (Fsp3) is 0.846. The third-order valence-electron chi connectivity index (χ3n) is 1.96. The van der Waals surface area contributed by atoms with Crippen molar-refractivity contribution in [3.8, 4) is 0 Å². The summed E-state index contributed by atoms with van der Waals surface area (Å²) in [4.78, 5) is 22.7. The Morgan fingerprint density at radius 1 is 0.944 bits per heavy atom. The van der Waals surface area contributed by atoms with Gasteiger partial charge in [0.2, 0.25) is 0 Å². The molecular weight excluding hydrogens is 234 g/mol. The third-order valence-corrected chi connectivity index (χ3v) is 1.96. The van der Waals surface area contributed by atoms with Crippen LogP contribution in [-0.4, -0.2) is 31.3 Å². The van der Waals surface area contributed by atoms with Gasteiger partial charge >= 0.3 is 12.1 Å². The molecule has 5 heteroatoms. The van der Waals surface area contributed by atoms with Gasteiger partial charge in [0.1, 0.15) is 0 Å². The van der Waals surface area contributed by atoms with Crippen LogP contribution < -0.4 is 5.32 Å². The topological polar surface area (TPSA) is 64.6 Å². The summed E-state index contributed by atoms with van der Waals surface area (Å²) in [6.45, 7) is 10.4. The van der Waals surface area contributed by atoms with E-state index in [0.29, 0.717) is 25.0 Å². The predicted octanol–water partition coefficient (Wildman–Crippen LogP) is 2.35. The second kappa shape index (κ2) is 8.78. The lowest BCUT2D eigenvalue weighted by molar-refractivity contribution is -0.145. The number of amides is 1. The minimum Gasteiger partial charge on any atom is -0.465 e. The number of nitrogens with one attached hydrogen (secondary N) is 1. The molecule has 0 rings (SSSR count). The van der Waals surface area contributed by atoms with Crippen molar-refractivity contribution in [1.29, 1.82) is 0 Å². The minimum absolute atomic E-state index is 0.156. The van der Waals surface area contributed by atoms with E-state index in [0.717, 1.165) is 0 Å². The lowest BCUT2D eigenvalue weighted by Gasteiger charge is -2.14. The highest BCUT2D eigenvalue weighted by molar-refractivity contribution is 5.72. The zero-order chi connectivity index (χ0) is 14.1. The first-order chi connectivity index (χ1) is 8.31.